The Morgan fingerprint density at radius 3 is 2.67 bits per heavy atom. The van der Waals surface area contributed by atoms with Gasteiger partial charge in [-0.25, -0.2) is 4.79 Å². The van der Waals surface area contributed by atoms with Crippen LogP contribution in [0.4, 0.5) is 5.69 Å². The first-order chi connectivity index (χ1) is 8.49. The molecular weight excluding hydrogens is 250 g/mol. The molecule has 0 saturated carbocycles. The molecule has 0 fully saturated rings. The number of aromatic carboxylic acids is 1. The Balaban J connectivity index is 2.93. The summed E-state index contributed by atoms with van der Waals surface area (Å²) in [5.41, 5.74) is 1.77. The lowest BCUT2D eigenvalue weighted by molar-refractivity contribution is 0.0698. The van der Waals surface area contributed by atoms with E-state index in [0.29, 0.717) is 5.69 Å². The van der Waals surface area contributed by atoms with Crippen molar-refractivity contribution >= 4 is 23.4 Å². The number of thioether (sulfide) groups is 1. The molecule has 100 valence electrons. The minimum Gasteiger partial charge on any atom is -0.478 e. The van der Waals surface area contributed by atoms with Gasteiger partial charge in [0.25, 0.3) is 0 Å². The lowest BCUT2D eigenvalue weighted by atomic mass is 10.1. The Kier molecular flexibility index (Phi) is 5.50. The summed E-state index contributed by atoms with van der Waals surface area (Å²) in [6, 6.07) is 5.27. The highest BCUT2D eigenvalue weighted by molar-refractivity contribution is 7.99. The van der Waals surface area contributed by atoms with Crippen molar-refractivity contribution in [2.45, 2.75) is 25.1 Å². The molecule has 3 N–H and O–H groups in total. The number of benzene rings is 1. The largest absolute Gasteiger partial charge is 0.478 e. The van der Waals surface area contributed by atoms with Crippen molar-refractivity contribution in [1.82, 2.24) is 0 Å². The summed E-state index contributed by atoms with van der Waals surface area (Å²) in [5.74, 6) is -0.946. The van der Waals surface area contributed by atoms with Gasteiger partial charge in [-0.3, -0.25) is 0 Å². The maximum atomic E-state index is 11.2. The van der Waals surface area contributed by atoms with E-state index < -0.39 is 5.97 Å². The standard InChI is InChI=1S/C13H19NO3S/c1-8-4-5-11(10(6-8)13(16)17)14-9(2)12(7-15)18-3/h4-6,9,12,14-15H,7H2,1-3H3,(H,16,17). The van der Waals surface area contributed by atoms with Gasteiger partial charge in [-0.15, -0.1) is 0 Å². The number of carboxylic acids is 1. The Hall–Kier alpha value is -1.20. The van der Waals surface area contributed by atoms with Crippen LogP contribution in [0.3, 0.4) is 0 Å². The van der Waals surface area contributed by atoms with E-state index in [1.165, 1.54) is 0 Å². The molecule has 0 heterocycles. The van der Waals surface area contributed by atoms with Crippen molar-refractivity contribution in [3.63, 3.8) is 0 Å². The number of carbonyl (C=O) groups is 1. The molecule has 0 spiro atoms. The zero-order chi connectivity index (χ0) is 13.7. The van der Waals surface area contributed by atoms with E-state index in [1.54, 1.807) is 23.9 Å². The van der Waals surface area contributed by atoms with E-state index in [-0.39, 0.29) is 23.5 Å². The number of anilines is 1. The van der Waals surface area contributed by atoms with Crippen LogP contribution in [-0.2, 0) is 0 Å². The zero-order valence-corrected chi connectivity index (χ0v) is 11.6. The SMILES string of the molecule is CSC(CO)C(C)Nc1ccc(C)cc1C(=O)O. The number of aliphatic hydroxyl groups excluding tert-OH is 1. The quantitative estimate of drug-likeness (QED) is 0.738. The van der Waals surface area contributed by atoms with Gasteiger partial charge in [0.15, 0.2) is 0 Å². The smallest absolute Gasteiger partial charge is 0.337 e. The maximum Gasteiger partial charge on any atom is 0.337 e. The average Bonchev–Trinajstić information content (AvgIpc) is 2.32. The van der Waals surface area contributed by atoms with E-state index in [1.807, 2.05) is 26.2 Å². The molecule has 4 nitrogen and oxygen atoms in total. The highest BCUT2D eigenvalue weighted by atomic mass is 32.2. The molecule has 18 heavy (non-hydrogen) atoms. The van der Waals surface area contributed by atoms with Crippen molar-refractivity contribution < 1.29 is 15.0 Å². The van der Waals surface area contributed by atoms with Gasteiger partial charge in [-0.2, -0.15) is 11.8 Å². The number of nitrogens with one attached hydrogen (secondary N) is 1. The molecule has 0 aliphatic heterocycles. The molecule has 1 aromatic rings. The number of aryl methyl sites for hydroxylation is 1. The van der Waals surface area contributed by atoms with Crippen LogP contribution < -0.4 is 5.32 Å². The van der Waals surface area contributed by atoms with Crippen LogP contribution in [-0.4, -0.2) is 40.3 Å². The van der Waals surface area contributed by atoms with Gasteiger partial charge in [0.05, 0.1) is 12.2 Å². The first kappa shape index (κ1) is 14.9. The van der Waals surface area contributed by atoms with Crippen LogP contribution >= 0.6 is 11.8 Å². The first-order valence-electron chi connectivity index (χ1n) is 5.73. The summed E-state index contributed by atoms with van der Waals surface area (Å²) in [7, 11) is 0. The topological polar surface area (TPSA) is 69.6 Å². The van der Waals surface area contributed by atoms with Crippen molar-refractivity contribution in [3.05, 3.63) is 29.3 Å². The molecule has 5 heteroatoms. The van der Waals surface area contributed by atoms with Crippen LogP contribution in [0.5, 0.6) is 0 Å². The molecule has 0 amide bonds. The normalized spacial score (nSPS) is 14.0. The van der Waals surface area contributed by atoms with Gasteiger partial charge in [0.2, 0.25) is 0 Å². The molecule has 0 radical (unpaired) electrons. The van der Waals surface area contributed by atoms with Gasteiger partial charge < -0.3 is 15.5 Å². The lowest BCUT2D eigenvalue weighted by Gasteiger charge is -2.23. The first-order valence-corrected chi connectivity index (χ1v) is 7.02. The molecule has 1 rings (SSSR count). The predicted molar refractivity (Wildman–Crippen MR) is 75.6 cm³/mol. The zero-order valence-electron chi connectivity index (χ0n) is 10.8. The second kappa shape index (κ2) is 6.66. The average molecular weight is 269 g/mol. The van der Waals surface area contributed by atoms with E-state index in [9.17, 15) is 9.90 Å². The number of hydrogen-bond donors (Lipinski definition) is 3. The second-order valence-electron chi connectivity index (χ2n) is 4.24. The molecule has 0 saturated heterocycles. The summed E-state index contributed by atoms with van der Waals surface area (Å²) in [4.78, 5) is 11.2. The van der Waals surface area contributed by atoms with E-state index in [0.717, 1.165) is 5.56 Å². The van der Waals surface area contributed by atoms with Crippen LogP contribution in [0.15, 0.2) is 18.2 Å². The fourth-order valence-electron chi connectivity index (χ4n) is 1.74. The molecule has 0 aliphatic carbocycles. The second-order valence-corrected chi connectivity index (χ2v) is 5.32. The number of rotatable bonds is 6. The third-order valence-corrected chi connectivity index (χ3v) is 3.99. The summed E-state index contributed by atoms with van der Waals surface area (Å²) < 4.78 is 0. The third-order valence-electron chi connectivity index (χ3n) is 2.83. The Morgan fingerprint density at radius 2 is 2.17 bits per heavy atom. The Morgan fingerprint density at radius 1 is 1.50 bits per heavy atom. The van der Waals surface area contributed by atoms with Crippen LogP contribution in [0.2, 0.25) is 0 Å². The number of hydrogen-bond acceptors (Lipinski definition) is 4. The van der Waals surface area contributed by atoms with Gasteiger partial charge >= 0.3 is 5.97 Å². The summed E-state index contributed by atoms with van der Waals surface area (Å²) in [6.45, 7) is 3.85. The maximum absolute atomic E-state index is 11.2. The third kappa shape index (κ3) is 3.65. The van der Waals surface area contributed by atoms with Gasteiger partial charge in [0.1, 0.15) is 0 Å². The van der Waals surface area contributed by atoms with Crippen molar-refractivity contribution in [1.29, 1.82) is 0 Å². The highest BCUT2D eigenvalue weighted by Crippen LogP contribution is 2.21. The molecule has 2 unspecified atom stereocenters. The Bertz CT molecular complexity index is 419. The Labute approximate surface area is 111 Å². The lowest BCUT2D eigenvalue weighted by Crippen LogP contribution is -2.31. The van der Waals surface area contributed by atoms with E-state index in [4.69, 9.17) is 5.11 Å². The van der Waals surface area contributed by atoms with Gasteiger partial charge in [-0.1, -0.05) is 11.6 Å². The molecule has 1 aromatic carbocycles. The van der Waals surface area contributed by atoms with Crippen molar-refractivity contribution in [2.75, 3.05) is 18.2 Å². The van der Waals surface area contributed by atoms with Crippen LogP contribution in [0.25, 0.3) is 0 Å². The minimum absolute atomic E-state index is 0.00851. The summed E-state index contributed by atoms with van der Waals surface area (Å²) in [6.07, 6.45) is 1.92. The molecular formula is C13H19NO3S. The fourth-order valence-corrected chi connectivity index (χ4v) is 2.36. The molecule has 0 aliphatic rings. The fraction of sp³-hybridized carbons (Fsp3) is 0.462. The predicted octanol–water partition coefficient (Wildman–Crippen LogP) is 2.22. The van der Waals surface area contributed by atoms with Crippen LogP contribution in [0, 0.1) is 6.92 Å². The minimum atomic E-state index is -0.946. The summed E-state index contributed by atoms with van der Waals surface area (Å²) in [5, 5.41) is 21.6. The van der Waals surface area contributed by atoms with Gasteiger partial charge in [0, 0.05) is 17.0 Å². The van der Waals surface area contributed by atoms with E-state index >= 15 is 0 Å². The van der Waals surface area contributed by atoms with Crippen molar-refractivity contribution in [2.24, 2.45) is 0 Å². The monoisotopic (exact) mass is 269 g/mol. The van der Waals surface area contributed by atoms with Crippen molar-refractivity contribution in [3.8, 4) is 0 Å². The molecule has 0 bridgehead atoms. The summed E-state index contributed by atoms with van der Waals surface area (Å²) >= 11 is 1.55. The van der Waals surface area contributed by atoms with Crippen LogP contribution in [0.1, 0.15) is 22.8 Å². The van der Waals surface area contributed by atoms with E-state index in [2.05, 4.69) is 5.32 Å². The van der Waals surface area contributed by atoms with Gasteiger partial charge in [-0.05, 0) is 32.2 Å². The molecule has 2 atom stereocenters. The molecule has 0 aromatic heterocycles. The number of aliphatic hydroxyl groups is 1. The highest BCUT2D eigenvalue weighted by Gasteiger charge is 2.18. The number of carboxylic acid groups (broad SMARTS) is 1.